The van der Waals surface area contributed by atoms with Crippen LogP contribution in [0.4, 0.5) is 0 Å². The summed E-state index contributed by atoms with van der Waals surface area (Å²) in [6, 6.07) is 13.5. The molecule has 0 spiro atoms. The average molecular weight is 282 g/mol. The highest BCUT2D eigenvalue weighted by Gasteiger charge is 2.05. The van der Waals surface area contributed by atoms with Gasteiger partial charge >= 0.3 is 0 Å². The van der Waals surface area contributed by atoms with Gasteiger partial charge in [0.25, 0.3) is 0 Å². The fraction of sp³-hybridized carbons (Fsp3) is 0.429. The summed E-state index contributed by atoms with van der Waals surface area (Å²) in [5, 5.41) is 0. The van der Waals surface area contributed by atoms with Gasteiger partial charge in [0, 0.05) is 0 Å². The number of rotatable bonds is 3. The topological polar surface area (TPSA) is 0 Å². The number of aryl methyl sites for hydroxylation is 3. The van der Waals surface area contributed by atoms with Gasteiger partial charge in [-0.25, -0.2) is 0 Å². The Hall–Kier alpha value is -1.56. The second-order valence-electron chi connectivity index (χ2n) is 5.90. The standard InChI is InChI=1S/C18H22.C3H8/c1-5-6-17-12-18(11-14(3)15(17)4)16-9-7-13(2)8-10-16;1-3-2/h7-12H,5-6H2,1-4H3;3H2,1-2H3. The largest absolute Gasteiger partial charge is 0.0656 e. The van der Waals surface area contributed by atoms with Gasteiger partial charge in [-0.1, -0.05) is 75.6 Å². The third-order valence-electron chi connectivity index (χ3n) is 3.68. The molecule has 0 heterocycles. The molecule has 2 aromatic rings. The minimum Gasteiger partial charge on any atom is -0.0656 e. The molecule has 0 bridgehead atoms. The Labute approximate surface area is 131 Å². The molecule has 0 fully saturated rings. The van der Waals surface area contributed by atoms with Crippen LogP contribution in [0.5, 0.6) is 0 Å². The van der Waals surface area contributed by atoms with Gasteiger partial charge < -0.3 is 0 Å². The van der Waals surface area contributed by atoms with Crippen LogP contribution in [0.15, 0.2) is 36.4 Å². The molecular weight excluding hydrogens is 252 g/mol. The highest BCUT2D eigenvalue weighted by Crippen LogP contribution is 2.26. The molecule has 0 amide bonds. The lowest BCUT2D eigenvalue weighted by atomic mass is 9.93. The van der Waals surface area contributed by atoms with E-state index in [0.717, 1.165) is 0 Å². The zero-order valence-corrected chi connectivity index (χ0v) is 14.6. The normalized spacial score (nSPS) is 10.0. The maximum atomic E-state index is 2.36. The van der Waals surface area contributed by atoms with Crippen molar-refractivity contribution in [1.82, 2.24) is 0 Å². The zero-order valence-electron chi connectivity index (χ0n) is 14.6. The Morgan fingerprint density at radius 3 is 1.86 bits per heavy atom. The second-order valence-corrected chi connectivity index (χ2v) is 5.90. The van der Waals surface area contributed by atoms with E-state index in [1.54, 1.807) is 0 Å². The van der Waals surface area contributed by atoms with Crippen molar-refractivity contribution >= 4 is 0 Å². The van der Waals surface area contributed by atoms with Crippen LogP contribution in [-0.4, -0.2) is 0 Å². The molecule has 0 aliphatic heterocycles. The zero-order chi connectivity index (χ0) is 15.8. The van der Waals surface area contributed by atoms with Crippen molar-refractivity contribution in [1.29, 1.82) is 0 Å². The lowest BCUT2D eigenvalue weighted by Crippen LogP contribution is -1.93. The summed E-state index contributed by atoms with van der Waals surface area (Å²) in [5.74, 6) is 0. The molecule has 0 saturated carbocycles. The Balaban J connectivity index is 0.000000677. The molecule has 0 aliphatic carbocycles. The van der Waals surface area contributed by atoms with Gasteiger partial charge in [0.2, 0.25) is 0 Å². The van der Waals surface area contributed by atoms with E-state index in [1.807, 2.05) is 0 Å². The first kappa shape index (κ1) is 17.5. The van der Waals surface area contributed by atoms with Crippen LogP contribution in [0.25, 0.3) is 11.1 Å². The first-order valence-electron chi connectivity index (χ1n) is 8.20. The molecule has 0 heteroatoms. The van der Waals surface area contributed by atoms with Crippen molar-refractivity contribution in [3.05, 3.63) is 58.7 Å². The summed E-state index contributed by atoms with van der Waals surface area (Å²) in [6.45, 7) is 13.1. The van der Waals surface area contributed by atoms with E-state index in [4.69, 9.17) is 0 Å². The molecule has 0 saturated heterocycles. The van der Waals surface area contributed by atoms with Crippen molar-refractivity contribution < 1.29 is 0 Å². The third-order valence-corrected chi connectivity index (χ3v) is 3.68. The summed E-state index contributed by atoms with van der Waals surface area (Å²) in [5.41, 5.74) is 8.33. The fourth-order valence-corrected chi connectivity index (χ4v) is 2.37. The van der Waals surface area contributed by atoms with Crippen LogP contribution in [0.3, 0.4) is 0 Å². The monoisotopic (exact) mass is 282 g/mol. The lowest BCUT2D eigenvalue weighted by Gasteiger charge is -2.12. The molecule has 21 heavy (non-hydrogen) atoms. The Morgan fingerprint density at radius 2 is 1.33 bits per heavy atom. The molecule has 0 unspecified atom stereocenters. The highest BCUT2D eigenvalue weighted by atomic mass is 14.1. The van der Waals surface area contributed by atoms with Crippen molar-refractivity contribution in [2.45, 2.75) is 60.8 Å². The molecular formula is C21H30. The van der Waals surface area contributed by atoms with Crippen LogP contribution >= 0.6 is 0 Å². The van der Waals surface area contributed by atoms with E-state index in [0.29, 0.717) is 0 Å². The van der Waals surface area contributed by atoms with Crippen LogP contribution in [0.1, 0.15) is 55.9 Å². The van der Waals surface area contributed by atoms with E-state index >= 15 is 0 Å². The first-order valence-corrected chi connectivity index (χ1v) is 8.20. The van der Waals surface area contributed by atoms with E-state index in [9.17, 15) is 0 Å². The summed E-state index contributed by atoms with van der Waals surface area (Å²) >= 11 is 0. The predicted octanol–water partition coefficient (Wildman–Crippen LogP) is 6.65. The number of benzene rings is 2. The summed E-state index contributed by atoms with van der Waals surface area (Å²) in [6.07, 6.45) is 3.63. The van der Waals surface area contributed by atoms with E-state index in [2.05, 4.69) is 77.9 Å². The maximum absolute atomic E-state index is 2.36. The summed E-state index contributed by atoms with van der Waals surface area (Å²) in [4.78, 5) is 0. The van der Waals surface area contributed by atoms with Crippen molar-refractivity contribution in [2.75, 3.05) is 0 Å². The Morgan fingerprint density at radius 1 is 0.762 bits per heavy atom. The maximum Gasteiger partial charge on any atom is -0.0178 e. The molecule has 114 valence electrons. The molecule has 2 rings (SSSR count). The molecule has 0 radical (unpaired) electrons. The van der Waals surface area contributed by atoms with Crippen molar-refractivity contribution in [2.24, 2.45) is 0 Å². The van der Waals surface area contributed by atoms with E-state index in [-0.39, 0.29) is 0 Å². The minimum absolute atomic E-state index is 1.17. The van der Waals surface area contributed by atoms with Crippen LogP contribution in [-0.2, 0) is 6.42 Å². The van der Waals surface area contributed by atoms with Crippen LogP contribution in [0, 0.1) is 20.8 Å². The molecule has 0 nitrogen and oxygen atoms in total. The van der Waals surface area contributed by atoms with Crippen molar-refractivity contribution in [3.8, 4) is 11.1 Å². The van der Waals surface area contributed by atoms with Gasteiger partial charge in [0.05, 0.1) is 0 Å². The van der Waals surface area contributed by atoms with E-state index in [1.165, 1.54) is 52.6 Å². The average Bonchev–Trinajstić information content (AvgIpc) is 2.45. The van der Waals surface area contributed by atoms with Gasteiger partial charge in [0.15, 0.2) is 0 Å². The van der Waals surface area contributed by atoms with Gasteiger partial charge in [-0.2, -0.15) is 0 Å². The van der Waals surface area contributed by atoms with Gasteiger partial charge in [-0.3, -0.25) is 0 Å². The van der Waals surface area contributed by atoms with Crippen LogP contribution in [0.2, 0.25) is 0 Å². The number of hydrogen-bond acceptors (Lipinski definition) is 0. The van der Waals surface area contributed by atoms with Gasteiger partial charge in [-0.15, -0.1) is 0 Å². The molecule has 0 N–H and O–H groups in total. The van der Waals surface area contributed by atoms with Crippen LogP contribution < -0.4 is 0 Å². The van der Waals surface area contributed by atoms with Crippen molar-refractivity contribution in [3.63, 3.8) is 0 Å². The number of hydrogen-bond donors (Lipinski definition) is 0. The van der Waals surface area contributed by atoms with E-state index < -0.39 is 0 Å². The summed E-state index contributed by atoms with van der Waals surface area (Å²) < 4.78 is 0. The summed E-state index contributed by atoms with van der Waals surface area (Å²) in [7, 11) is 0. The quantitative estimate of drug-likeness (QED) is 0.591. The molecule has 2 aromatic carbocycles. The first-order chi connectivity index (χ1) is 10.0. The molecule has 0 aromatic heterocycles. The Kier molecular flexibility index (Phi) is 7.22. The molecule has 0 atom stereocenters. The fourth-order valence-electron chi connectivity index (χ4n) is 2.37. The SMILES string of the molecule is CCC.CCCc1cc(-c2ccc(C)cc2)cc(C)c1C. The molecule has 0 aliphatic rings. The second kappa shape index (κ2) is 8.67. The third kappa shape index (κ3) is 5.04. The Bertz CT molecular complexity index is 547. The van der Waals surface area contributed by atoms with Gasteiger partial charge in [-0.05, 0) is 55.0 Å². The van der Waals surface area contributed by atoms with Gasteiger partial charge in [0.1, 0.15) is 0 Å². The minimum atomic E-state index is 1.17. The smallest absolute Gasteiger partial charge is 0.0178 e. The highest BCUT2D eigenvalue weighted by molar-refractivity contribution is 5.66. The lowest BCUT2D eigenvalue weighted by molar-refractivity contribution is 0.910. The predicted molar refractivity (Wildman–Crippen MR) is 96.0 cm³/mol.